The maximum atomic E-state index is 9.08. The van der Waals surface area contributed by atoms with Gasteiger partial charge in [0.2, 0.25) is 0 Å². The van der Waals surface area contributed by atoms with E-state index in [-0.39, 0.29) is 29.6 Å². The molecule has 0 bridgehead atoms. The Labute approximate surface area is 62.5 Å². The van der Waals surface area contributed by atoms with Crippen LogP contribution in [0.2, 0.25) is 0 Å². The van der Waals surface area contributed by atoms with Gasteiger partial charge in [-0.15, -0.1) is 0 Å². The number of hydrogen-bond donors (Lipinski definition) is 2. The molecule has 40 valence electrons. The minimum atomic E-state index is -4.61. The molecule has 0 aliphatic heterocycles. The molecule has 0 spiro atoms. The summed E-state index contributed by atoms with van der Waals surface area (Å²) in [5.41, 5.74) is 0. The normalized spacial score (nSPS) is 10.0. The van der Waals surface area contributed by atoms with E-state index in [1.54, 1.807) is 0 Å². The van der Waals surface area contributed by atoms with E-state index in [1.165, 1.54) is 0 Å². The molecule has 0 aliphatic carbocycles. The van der Waals surface area contributed by atoms with E-state index in [1.807, 2.05) is 0 Å². The Morgan fingerprint density at radius 2 is 1.57 bits per heavy atom. The molecule has 0 aliphatic rings. The Morgan fingerprint density at radius 3 is 1.57 bits per heavy atom. The molecular weight excluding hydrogens is 135 g/mol. The van der Waals surface area contributed by atoms with Crippen LogP contribution >= 0.6 is 0 Å². The van der Waals surface area contributed by atoms with Crippen molar-refractivity contribution in [3.63, 3.8) is 0 Å². The molecule has 0 aromatic carbocycles. The Bertz CT molecular complexity index is 110. The van der Waals surface area contributed by atoms with Crippen molar-refractivity contribution in [3.8, 4) is 0 Å². The van der Waals surface area contributed by atoms with Gasteiger partial charge in [-0.25, -0.2) is 5.26 Å². The monoisotopic (exact) mass is 138 g/mol. The van der Waals surface area contributed by atoms with E-state index in [4.69, 9.17) is 18.2 Å². The third kappa shape index (κ3) is 10.9. The quantitative estimate of drug-likeness (QED) is 0.202. The molecular formula is H3NaO5S. The fourth-order valence-electron chi connectivity index (χ4n) is 0. The molecule has 0 radical (unpaired) electrons. The van der Waals surface area contributed by atoms with Crippen molar-refractivity contribution in [3.05, 3.63) is 0 Å². The van der Waals surface area contributed by atoms with E-state index in [9.17, 15) is 0 Å². The van der Waals surface area contributed by atoms with Gasteiger partial charge in [-0.05, 0) is 0 Å². The van der Waals surface area contributed by atoms with Crippen LogP contribution in [0.15, 0.2) is 0 Å². The first kappa shape index (κ1) is 10.7. The molecule has 0 atom stereocenters. The molecule has 0 fully saturated rings. The summed E-state index contributed by atoms with van der Waals surface area (Å²) >= 11 is 0. The fraction of sp³-hybridized carbons (Fsp3) is 0. The van der Waals surface area contributed by atoms with Crippen LogP contribution < -0.4 is 0 Å². The second kappa shape index (κ2) is 3.79. The van der Waals surface area contributed by atoms with Gasteiger partial charge >= 0.3 is 40.0 Å². The van der Waals surface area contributed by atoms with Gasteiger partial charge in [-0.3, -0.25) is 4.55 Å². The van der Waals surface area contributed by atoms with Crippen molar-refractivity contribution in [2.75, 3.05) is 0 Å². The summed E-state index contributed by atoms with van der Waals surface area (Å²) in [6.45, 7) is 0. The average molecular weight is 138 g/mol. The maximum absolute atomic E-state index is 9.08. The van der Waals surface area contributed by atoms with Crippen molar-refractivity contribution in [2.45, 2.75) is 0 Å². The summed E-state index contributed by atoms with van der Waals surface area (Å²) in [5.74, 6) is 0. The molecule has 7 heavy (non-hydrogen) atoms. The molecule has 0 amide bonds. The van der Waals surface area contributed by atoms with Crippen molar-refractivity contribution in [1.29, 1.82) is 0 Å². The van der Waals surface area contributed by atoms with Gasteiger partial charge in [0.05, 0.1) is 0 Å². The topological polar surface area (TPSA) is 83.8 Å². The molecule has 0 rings (SSSR count). The summed E-state index contributed by atoms with van der Waals surface area (Å²) in [6.07, 6.45) is 0. The third-order valence-electron chi connectivity index (χ3n) is 0.0942. The van der Waals surface area contributed by atoms with Crippen molar-refractivity contribution >= 4 is 40.0 Å². The zero-order valence-electron chi connectivity index (χ0n) is 2.53. The van der Waals surface area contributed by atoms with E-state index in [0.717, 1.165) is 0 Å². The van der Waals surface area contributed by atoms with E-state index >= 15 is 0 Å². The first-order valence-corrected chi connectivity index (χ1v) is 2.23. The van der Waals surface area contributed by atoms with E-state index < -0.39 is 10.4 Å². The Balaban J connectivity index is 0. The molecule has 0 heterocycles. The fourth-order valence-corrected chi connectivity index (χ4v) is 0. The zero-order valence-corrected chi connectivity index (χ0v) is 3.34. The van der Waals surface area contributed by atoms with Crippen LogP contribution in [0.4, 0.5) is 0 Å². The molecule has 0 aromatic heterocycles. The molecule has 0 saturated carbocycles. The first-order chi connectivity index (χ1) is 2.56. The first-order valence-electron chi connectivity index (χ1n) is 0.865. The van der Waals surface area contributed by atoms with Crippen LogP contribution in [-0.4, -0.2) is 47.8 Å². The van der Waals surface area contributed by atoms with Crippen LogP contribution in [-0.2, 0) is 14.7 Å². The zero-order chi connectivity index (χ0) is 5.21. The summed E-state index contributed by atoms with van der Waals surface area (Å²) < 4.78 is 28.0. The second-order valence-electron chi connectivity index (χ2n) is 0.502. The predicted molar refractivity (Wildman–Crippen MR) is 22.4 cm³/mol. The van der Waals surface area contributed by atoms with Crippen molar-refractivity contribution in [1.82, 2.24) is 0 Å². The van der Waals surface area contributed by atoms with Gasteiger partial charge in [0.15, 0.2) is 0 Å². The number of hydrogen-bond acceptors (Lipinski definition) is 4. The molecule has 0 unspecified atom stereocenters. The van der Waals surface area contributed by atoms with Crippen LogP contribution in [0.1, 0.15) is 0 Å². The van der Waals surface area contributed by atoms with Crippen LogP contribution in [0.25, 0.3) is 0 Å². The molecule has 0 saturated heterocycles. The molecule has 0 aromatic rings. The summed E-state index contributed by atoms with van der Waals surface area (Å²) in [6, 6.07) is 0. The second-order valence-corrected chi connectivity index (χ2v) is 1.51. The van der Waals surface area contributed by atoms with Crippen molar-refractivity contribution in [2.24, 2.45) is 0 Å². The summed E-state index contributed by atoms with van der Waals surface area (Å²) in [5, 5.41) is 7.06. The van der Waals surface area contributed by atoms with Gasteiger partial charge in [-0.1, -0.05) is 4.33 Å². The van der Waals surface area contributed by atoms with Crippen molar-refractivity contribution < 1.29 is 22.6 Å². The predicted octanol–water partition coefficient (Wildman–Crippen LogP) is -1.37. The van der Waals surface area contributed by atoms with Gasteiger partial charge in [0, 0.05) is 0 Å². The molecule has 5 nitrogen and oxygen atoms in total. The van der Waals surface area contributed by atoms with Crippen LogP contribution in [0, 0.1) is 0 Å². The Hall–Kier alpha value is 0.830. The Kier molecular flexibility index (Phi) is 5.81. The molecule has 7 heteroatoms. The number of rotatable bonds is 1. The van der Waals surface area contributed by atoms with Gasteiger partial charge in [-0.2, -0.15) is 8.42 Å². The van der Waals surface area contributed by atoms with Crippen LogP contribution in [0.5, 0.6) is 0 Å². The SMILES string of the molecule is O=S(=O)(O)OO.[NaH]. The summed E-state index contributed by atoms with van der Waals surface area (Å²) in [7, 11) is -4.61. The van der Waals surface area contributed by atoms with Gasteiger partial charge in [0.25, 0.3) is 0 Å². The minimum absolute atomic E-state index is 0. The van der Waals surface area contributed by atoms with Gasteiger partial charge < -0.3 is 0 Å². The van der Waals surface area contributed by atoms with Crippen LogP contribution in [0.3, 0.4) is 0 Å². The van der Waals surface area contributed by atoms with E-state index in [2.05, 4.69) is 4.33 Å². The third-order valence-corrected chi connectivity index (χ3v) is 0.283. The Morgan fingerprint density at radius 1 is 1.43 bits per heavy atom. The summed E-state index contributed by atoms with van der Waals surface area (Å²) in [4.78, 5) is 0. The van der Waals surface area contributed by atoms with Gasteiger partial charge in [0.1, 0.15) is 0 Å². The average Bonchev–Trinajstić information content (AvgIpc) is 1.35. The standard InChI is InChI=1S/Na.H2O5S.H/c;1-5-6(2,3)4;/h;1H,(H,2,3,4);. The molecule has 2 N–H and O–H groups in total. The van der Waals surface area contributed by atoms with E-state index in [0.29, 0.717) is 0 Å².